The Bertz CT molecular complexity index is 459. The molecule has 0 spiro atoms. The van der Waals surface area contributed by atoms with Gasteiger partial charge in [-0.2, -0.15) is 0 Å². The van der Waals surface area contributed by atoms with Crippen molar-refractivity contribution in [1.82, 2.24) is 15.1 Å². The van der Waals surface area contributed by atoms with Gasteiger partial charge in [0.1, 0.15) is 11.9 Å². The van der Waals surface area contributed by atoms with Crippen molar-refractivity contribution in [2.24, 2.45) is 0 Å². The first kappa shape index (κ1) is 14.8. The Hall–Kier alpha value is -1.59. The van der Waals surface area contributed by atoms with Crippen LogP contribution in [-0.4, -0.2) is 56.0 Å². The molecule has 2 rings (SSSR count). The lowest BCUT2D eigenvalue weighted by Crippen LogP contribution is -2.43. The third kappa shape index (κ3) is 3.11. The van der Waals surface area contributed by atoms with Crippen LogP contribution in [0.1, 0.15) is 18.7 Å². The Kier molecular flexibility index (Phi) is 4.62. The predicted molar refractivity (Wildman–Crippen MR) is 78.6 cm³/mol. The van der Waals surface area contributed by atoms with Crippen molar-refractivity contribution < 1.29 is 9.53 Å². The van der Waals surface area contributed by atoms with Crippen LogP contribution in [0, 0.1) is 0 Å². The van der Waals surface area contributed by atoms with Crippen LogP contribution in [0.3, 0.4) is 0 Å². The fraction of sp³-hybridized carbons (Fsp3) is 0.533. The molecule has 2 unspecified atom stereocenters. The molecule has 0 aliphatic carbocycles. The summed E-state index contributed by atoms with van der Waals surface area (Å²) in [4.78, 5) is 16.2. The quantitative estimate of drug-likeness (QED) is 0.874. The van der Waals surface area contributed by atoms with Crippen molar-refractivity contribution >= 4 is 5.91 Å². The van der Waals surface area contributed by atoms with Gasteiger partial charge in [0.2, 0.25) is 5.91 Å². The zero-order valence-corrected chi connectivity index (χ0v) is 12.6. The number of ether oxygens (including phenoxy) is 1. The first-order chi connectivity index (χ1) is 9.52. The van der Waals surface area contributed by atoms with Crippen molar-refractivity contribution in [3.63, 3.8) is 0 Å². The van der Waals surface area contributed by atoms with E-state index in [0.717, 1.165) is 17.9 Å². The van der Waals surface area contributed by atoms with E-state index in [1.54, 1.807) is 7.11 Å². The van der Waals surface area contributed by atoms with E-state index in [4.69, 9.17) is 4.74 Å². The van der Waals surface area contributed by atoms with Gasteiger partial charge in [0.15, 0.2) is 0 Å². The zero-order chi connectivity index (χ0) is 14.7. The second-order valence-corrected chi connectivity index (χ2v) is 5.47. The van der Waals surface area contributed by atoms with Crippen LogP contribution in [0.5, 0.6) is 5.75 Å². The lowest BCUT2D eigenvalue weighted by molar-refractivity contribution is -0.130. The van der Waals surface area contributed by atoms with Crippen molar-refractivity contribution in [2.75, 3.05) is 34.3 Å². The van der Waals surface area contributed by atoms with Crippen LogP contribution < -0.4 is 10.1 Å². The Morgan fingerprint density at radius 2 is 2.05 bits per heavy atom. The number of nitrogens with one attached hydrogen (secondary N) is 1. The summed E-state index contributed by atoms with van der Waals surface area (Å²) in [5, 5.41) is 3.28. The molecule has 2 atom stereocenters. The number of amides is 1. The van der Waals surface area contributed by atoms with Crippen molar-refractivity contribution in [2.45, 2.75) is 19.1 Å². The van der Waals surface area contributed by atoms with Gasteiger partial charge in [-0.05, 0) is 38.7 Å². The van der Waals surface area contributed by atoms with Crippen LogP contribution in [0.25, 0.3) is 0 Å². The molecule has 0 bridgehead atoms. The number of carbonyl (C=O) groups excluding carboxylic acids is 1. The zero-order valence-electron chi connectivity index (χ0n) is 12.6. The Balaban J connectivity index is 2.18. The van der Waals surface area contributed by atoms with Crippen molar-refractivity contribution in [3.8, 4) is 5.75 Å². The molecule has 1 aliphatic rings. The average molecular weight is 277 g/mol. The maximum Gasteiger partial charge on any atom is 0.238 e. The second-order valence-electron chi connectivity index (χ2n) is 5.47. The molecule has 5 nitrogen and oxygen atoms in total. The molecule has 1 aliphatic heterocycles. The monoisotopic (exact) mass is 277 g/mol. The second kappa shape index (κ2) is 6.24. The average Bonchev–Trinajstić information content (AvgIpc) is 2.80. The Labute approximate surface area is 120 Å². The highest BCUT2D eigenvalue weighted by atomic mass is 16.5. The van der Waals surface area contributed by atoms with E-state index in [2.05, 4.69) is 17.1 Å². The minimum absolute atomic E-state index is 0.0524. The summed E-state index contributed by atoms with van der Waals surface area (Å²) in [5.74, 6) is 0.978. The number of benzene rings is 1. The standard InChI is InChI=1S/C15H23N3O2/c1-11(10-17(2)3)18-14(19)9-16-15(18)12-5-7-13(20-4)8-6-12/h5-8,11,15-16H,9-10H2,1-4H3. The molecule has 1 aromatic carbocycles. The van der Waals surface area contributed by atoms with Gasteiger partial charge >= 0.3 is 0 Å². The molecule has 20 heavy (non-hydrogen) atoms. The Morgan fingerprint density at radius 3 is 2.60 bits per heavy atom. The summed E-state index contributed by atoms with van der Waals surface area (Å²) >= 11 is 0. The molecule has 0 radical (unpaired) electrons. The van der Waals surface area contributed by atoms with Crippen molar-refractivity contribution in [1.29, 1.82) is 0 Å². The molecule has 1 heterocycles. The van der Waals surface area contributed by atoms with Gasteiger partial charge in [0, 0.05) is 12.6 Å². The van der Waals surface area contributed by atoms with Crippen LogP contribution in [0.2, 0.25) is 0 Å². The van der Waals surface area contributed by atoms with Gasteiger partial charge in [-0.15, -0.1) is 0 Å². The minimum Gasteiger partial charge on any atom is -0.497 e. The molecule has 0 saturated carbocycles. The number of hydrogen-bond acceptors (Lipinski definition) is 4. The van der Waals surface area contributed by atoms with Gasteiger partial charge in [-0.3, -0.25) is 10.1 Å². The molecular formula is C15H23N3O2. The lowest BCUT2D eigenvalue weighted by atomic mass is 10.1. The number of nitrogens with zero attached hydrogens (tertiary/aromatic N) is 2. The highest BCUT2D eigenvalue weighted by molar-refractivity contribution is 5.81. The first-order valence-electron chi connectivity index (χ1n) is 6.86. The number of methoxy groups -OCH3 is 1. The molecule has 1 saturated heterocycles. The largest absolute Gasteiger partial charge is 0.497 e. The predicted octanol–water partition coefficient (Wildman–Crippen LogP) is 1.08. The molecule has 1 fully saturated rings. The molecule has 110 valence electrons. The normalized spacial score (nSPS) is 20.6. The summed E-state index contributed by atoms with van der Waals surface area (Å²) < 4.78 is 5.17. The maximum absolute atomic E-state index is 12.1. The van der Waals surface area contributed by atoms with E-state index in [1.165, 1.54) is 0 Å². The van der Waals surface area contributed by atoms with E-state index < -0.39 is 0 Å². The molecule has 5 heteroatoms. The fourth-order valence-electron chi connectivity index (χ4n) is 2.70. The van der Waals surface area contributed by atoms with Crippen LogP contribution >= 0.6 is 0 Å². The third-order valence-corrected chi connectivity index (χ3v) is 3.55. The number of hydrogen-bond donors (Lipinski definition) is 1. The SMILES string of the molecule is COc1ccc(C2NCC(=O)N2C(C)CN(C)C)cc1. The summed E-state index contributed by atoms with van der Waals surface area (Å²) in [6.07, 6.45) is -0.0524. The summed E-state index contributed by atoms with van der Waals surface area (Å²) in [6.45, 7) is 3.33. The van der Waals surface area contributed by atoms with Crippen LogP contribution in [-0.2, 0) is 4.79 Å². The third-order valence-electron chi connectivity index (χ3n) is 3.55. The highest BCUT2D eigenvalue weighted by Crippen LogP contribution is 2.26. The first-order valence-corrected chi connectivity index (χ1v) is 6.86. The number of likely N-dealkylation sites (N-methyl/N-ethyl adjacent to an activating group) is 1. The van der Waals surface area contributed by atoms with Crippen molar-refractivity contribution in [3.05, 3.63) is 29.8 Å². The minimum atomic E-state index is -0.0524. The molecule has 0 aromatic heterocycles. The molecular weight excluding hydrogens is 254 g/mol. The van der Waals surface area contributed by atoms with E-state index in [0.29, 0.717) is 6.54 Å². The molecule has 1 amide bonds. The lowest BCUT2D eigenvalue weighted by Gasteiger charge is -2.32. The summed E-state index contributed by atoms with van der Waals surface area (Å²) in [5.41, 5.74) is 1.09. The summed E-state index contributed by atoms with van der Waals surface area (Å²) in [6, 6.07) is 8.03. The van der Waals surface area contributed by atoms with E-state index in [-0.39, 0.29) is 18.1 Å². The number of carbonyl (C=O) groups is 1. The topological polar surface area (TPSA) is 44.8 Å². The van der Waals surface area contributed by atoms with Gasteiger partial charge in [0.25, 0.3) is 0 Å². The van der Waals surface area contributed by atoms with Gasteiger partial charge in [-0.25, -0.2) is 0 Å². The Morgan fingerprint density at radius 1 is 1.40 bits per heavy atom. The van der Waals surface area contributed by atoms with E-state index >= 15 is 0 Å². The number of rotatable bonds is 5. The maximum atomic E-state index is 12.1. The van der Waals surface area contributed by atoms with Gasteiger partial charge < -0.3 is 14.5 Å². The molecule has 1 N–H and O–H groups in total. The summed E-state index contributed by atoms with van der Waals surface area (Å²) in [7, 11) is 5.69. The van der Waals surface area contributed by atoms with Crippen LogP contribution in [0.4, 0.5) is 0 Å². The van der Waals surface area contributed by atoms with Gasteiger partial charge in [-0.1, -0.05) is 12.1 Å². The highest BCUT2D eigenvalue weighted by Gasteiger charge is 2.34. The smallest absolute Gasteiger partial charge is 0.238 e. The fourth-order valence-corrected chi connectivity index (χ4v) is 2.70. The van der Waals surface area contributed by atoms with E-state index in [9.17, 15) is 4.79 Å². The van der Waals surface area contributed by atoms with Gasteiger partial charge in [0.05, 0.1) is 13.7 Å². The molecule has 1 aromatic rings. The van der Waals surface area contributed by atoms with E-state index in [1.807, 2.05) is 43.3 Å². The van der Waals surface area contributed by atoms with Crippen LogP contribution in [0.15, 0.2) is 24.3 Å².